The zero-order chi connectivity index (χ0) is 16.1. The second kappa shape index (κ2) is 7.50. The average Bonchev–Trinajstić information content (AvgIpc) is 2.32. The highest BCUT2D eigenvalue weighted by molar-refractivity contribution is 5.94. The molecule has 0 aromatic carbocycles. The van der Waals surface area contributed by atoms with E-state index in [4.69, 9.17) is 14.9 Å². The van der Waals surface area contributed by atoms with Crippen molar-refractivity contribution in [3.8, 4) is 0 Å². The zero-order valence-corrected chi connectivity index (χ0v) is 11.5. The van der Waals surface area contributed by atoms with Gasteiger partial charge in [-0.25, -0.2) is 4.79 Å². The van der Waals surface area contributed by atoms with Gasteiger partial charge in [-0.15, -0.1) is 0 Å². The van der Waals surface area contributed by atoms with E-state index in [1.807, 2.05) is 0 Å². The van der Waals surface area contributed by atoms with Gasteiger partial charge in [-0.3, -0.25) is 10.1 Å². The fraction of sp³-hybridized carbons (Fsp3) is 0.818. The standard InChI is InChI=1S/C11H21NO8/c1-11(2,3)20-10(19)12-9(18)8(17)7(16)6(15)5(14)4-13/h5-8,13-17H,4H2,1-3H3,(H,12,18,19)/t5-,6+,7-,8?/m1/s1. The molecular formula is C11H21NO8. The summed E-state index contributed by atoms with van der Waals surface area (Å²) in [6.07, 6.45) is -9.10. The quantitative estimate of drug-likeness (QED) is 0.324. The van der Waals surface area contributed by atoms with E-state index in [0.717, 1.165) is 0 Å². The third-order valence-electron chi connectivity index (χ3n) is 2.15. The van der Waals surface area contributed by atoms with Crippen LogP contribution in [0.3, 0.4) is 0 Å². The maximum absolute atomic E-state index is 11.4. The molecule has 0 radical (unpaired) electrons. The molecule has 9 heteroatoms. The van der Waals surface area contributed by atoms with Gasteiger partial charge in [0, 0.05) is 0 Å². The Balaban J connectivity index is 4.51. The van der Waals surface area contributed by atoms with Crippen LogP contribution in [0.25, 0.3) is 0 Å². The molecule has 0 saturated carbocycles. The Morgan fingerprint density at radius 2 is 1.60 bits per heavy atom. The van der Waals surface area contributed by atoms with Crippen LogP contribution in [-0.4, -0.2) is 74.2 Å². The van der Waals surface area contributed by atoms with E-state index in [2.05, 4.69) is 0 Å². The predicted molar refractivity (Wildman–Crippen MR) is 65.5 cm³/mol. The molecular weight excluding hydrogens is 274 g/mol. The highest BCUT2D eigenvalue weighted by Gasteiger charge is 2.35. The Kier molecular flexibility index (Phi) is 7.03. The molecule has 0 fully saturated rings. The molecule has 0 rings (SSSR count). The first-order chi connectivity index (χ1) is 8.99. The average molecular weight is 295 g/mol. The second-order valence-corrected chi connectivity index (χ2v) is 5.17. The summed E-state index contributed by atoms with van der Waals surface area (Å²) < 4.78 is 4.75. The Hall–Kier alpha value is -1.26. The van der Waals surface area contributed by atoms with E-state index in [0.29, 0.717) is 0 Å². The minimum absolute atomic E-state index is 0.861. The predicted octanol–water partition coefficient (Wildman–Crippen LogP) is -2.53. The summed E-state index contributed by atoms with van der Waals surface area (Å²) in [5.41, 5.74) is -0.861. The van der Waals surface area contributed by atoms with Crippen LogP contribution in [0.1, 0.15) is 20.8 Å². The van der Waals surface area contributed by atoms with Gasteiger partial charge in [-0.05, 0) is 20.8 Å². The van der Waals surface area contributed by atoms with Crippen molar-refractivity contribution in [1.29, 1.82) is 0 Å². The number of ether oxygens (including phenoxy) is 1. The molecule has 0 aliphatic rings. The van der Waals surface area contributed by atoms with Crippen molar-refractivity contribution < 1.29 is 39.9 Å². The molecule has 20 heavy (non-hydrogen) atoms. The van der Waals surface area contributed by atoms with Crippen molar-refractivity contribution in [3.05, 3.63) is 0 Å². The number of carbonyl (C=O) groups is 2. The van der Waals surface area contributed by atoms with Crippen LogP contribution in [-0.2, 0) is 9.53 Å². The van der Waals surface area contributed by atoms with Gasteiger partial charge in [-0.1, -0.05) is 0 Å². The third-order valence-corrected chi connectivity index (χ3v) is 2.15. The Bertz CT molecular complexity index is 340. The first-order valence-corrected chi connectivity index (χ1v) is 5.86. The maximum atomic E-state index is 11.4. The van der Waals surface area contributed by atoms with Crippen molar-refractivity contribution in [2.24, 2.45) is 0 Å². The van der Waals surface area contributed by atoms with Gasteiger partial charge in [0.05, 0.1) is 6.61 Å². The van der Waals surface area contributed by atoms with Gasteiger partial charge in [0.15, 0.2) is 6.10 Å². The van der Waals surface area contributed by atoms with Crippen LogP contribution in [0.2, 0.25) is 0 Å². The Morgan fingerprint density at radius 3 is 2.00 bits per heavy atom. The SMILES string of the molecule is CC(C)(C)OC(=O)NC(=O)C(O)[C@H](O)[C@@H](O)[C@H](O)CO. The lowest BCUT2D eigenvalue weighted by atomic mass is 10.0. The molecule has 0 aromatic rings. The van der Waals surface area contributed by atoms with Crippen molar-refractivity contribution >= 4 is 12.0 Å². The minimum atomic E-state index is -2.18. The summed E-state index contributed by atoms with van der Waals surface area (Å²) >= 11 is 0. The molecule has 0 saturated heterocycles. The molecule has 0 aliphatic carbocycles. The summed E-state index contributed by atoms with van der Waals surface area (Å²) in [6.45, 7) is 3.80. The normalized spacial score (nSPS) is 17.8. The molecule has 0 heterocycles. The lowest BCUT2D eigenvalue weighted by Crippen LogP contribution is -2.53. The number of amides is 2. The number of carbonyl (C=O) groups excluding carboxylic acids is 2. The van der Waals surface area contributed by atoms with Crippen LogP contribution < -0.4 is 5.32 Å². The van der Waals surface area contributed by atoms with Gasteiger partial charge in [-0.2, -0.15) is 0 Å². The number of alkyl carbamates (subject to hydrolysis) is 1. The van der Waals surface area contributed by atoms with Crippen LogP contribution in [0.15, 0.2) is 0 Å². The molecule has 0 bridgehead atoms. The van der Waals surface area contributed by atoms with Crippen molar-refractivity contribution in [2.75, 3.05) is 6.61 Å². The summed E-state index contributed by atoms with van der Waals surface area (Å²) in [7, 11) is 0. The summed E-state index contributed by atoms with van der Waals surface area (Å²) in [4.78, 5) is 22.7. The molecule has 4 atom stereocenters. The Labute approximate surface area is 115 Å². The third kappa shape index (κ3) is 6.26. The number of aliphatic hydroxyl groups excluding tert-OH is 5. The molecule has 0 aromatic heterocycles. The summed E-state index contributed by atoms with van der Waals surface area (Å²) in [5.74, 6) is -1.31. The number of aliphatic hydroxyl groups is 5. The molecule has 6 N–H and O–H groups in total. The maximum Gasteiger partial charge on any atom is 0.414 e. The smallest absolute Gasteiger partial charge is 0.414 e. The zero-order valence-electron chi connectivity index (χ0n) is 11.5. The topological polar surface area (TPSA) is 157 Å². The lowest BCUT2D eigenvalue weighted by Gasteiger charge is -2.25. The highest BCUT2D eigenvalue weighted by atomic mass is 16.6. The first kappa shape index (κ1) is 18.7. The molecule has 2 amide bonds. The summed E-state index contributed by atoms with van der Waals surface area (Å²) in [6, 6.07) is 0. The molecule has 1 unspecified atom stereocenters. The van der Waals surface area contributed by atoms with Crippen LogP contribution in [0.5, 0.6) is 0 Å². The van der Waals surface area contributed by atoms with E-state index in [1.54, 1.807) is 26.1 Å². The van der Waals surface area contributed by atoms with Crippen molar-refractivity contribution in [3.63, 3.8) is 0 Å². The van der Waals surface area contributed by atoms with E-state index in [9.17, 15) is 24.9 Å². The van der Waals surface area contributed by atoms with E-state index < -0.39 is 48.6 Å². The van der Waals surface area contributed by atoms with Crippen LogP contribution in [0, 0.1) is 0 Å². The van der Waals surface area contributed by atoms with Crippen molar-refractivity contribution in [1.82, 2.24) is 5.32 Å². The van der Waals surface area contributed by atoms with E-state index >= 15 is 0 Å². The van der Waals surface area contributed by atoms with Gasteiger partial charge in [0.25, 0.3) is 5.91 Å². The van der Waals surface area contributed by atoms with Gasteiger partial charge in [0.1, 0.15) is 23.9 Å². The van der Waals surface area contributed by atoms with Crippen LogP contribution in [0.4, 0.5) is 4.79 Å². The van der Waals surface area contributed by atoms with Crippen LogP contribution >= 0.6 is 0 Å². The first-order valence-electron chi connectivity index (χ1n) is 5.86. The number of hydrogen-bond donors (Lipinski definition) is 6. The molecule has 9 nitrogen and oxygen atoms in total. The number of rotatable bonds is 5. The number of imide groups is 1. The van der Waals surface area contributed by atoms with Crippen molar-refractivity contribution in [2.45, 2.75) is 50.8 Å². The number of nitrogens with one attached hydrogen (secondary N) is 1. The fourth-order valence-corrected chi connectivity index (χ4v) is 1.16. The lowest BCUT2D eigenvalue weighted by molar-refractivity contribution is -0.148. The largest absolute Gasteiger partial charge is 0.444 e. The Morgan fingerprint density at radius 1 is 1.10 bits per heavy atom. The van der Waals surface area contributed by atoms with Gasteiger partial charge in [0.2, 0.25) is 0 Å². The molecule has 0 spiro atoms. The minimum Gasteiger partial charge on any atom is -0.444 e. The van der Waals surface area contributed by atoms with Gasteiger partial charge >= 0.3 is 6.09 Å². The molecule has 0 aliphatic heterocycles. The summed E-state index contributed by atoms with van der Waals surface area (Å²) in [5, 5.41) is 47.5. The van der Waals surface area contributed by atoms with E-state index in [-0.39, 0.29) is 0 Å². The number of hydrogen-bond acceptors (Lipinski definition) is 8. The van der Waals surface area contributed by atoms with E-state index in [1.165, 1.54) is 0 Å². The monoisotopic (exact) mass is 295 g/mol. The fourth-order valence-electron chi connectivity index (χ4n) is 1.16. The van der Waals surface area contributed by atoms with Gasteiger partial charge < -0.3 is 30.3 Å². The molecule has 118 valence electrons. The second-order valence-electron chi connectivity index (χ2n) is 5.17. The highest BCUT2D eigenvalue weighted by Crippen LogP contribution is 2.08.